The van der Waals surface area contributed by atoms with Gasteiger partial charge >= 0.3 is 0 Å². The van der Waals surface area contributed by atoms with Gasteiger partial charge in [-0.2, -0.15) is 5.10 Å². The van der Waals surface area contributed by atoms with Gasteiger partial charge < -0.3 is 20.9 Å². The maximum atomic E-state index is 5.96. The van der Waals surface area contributed by atoms with Gasteiger partial charge in [0.05, 0.1) is 12.8 Å². The Morgan fingerprint density at radius 3 is 2.69 bits per heavy atom. The summed E-state index contributed by atoms with van der Waals surface area (Å²) in [6.07, 6.45) is 1.53. The Labute approximate surface area is 168 Å². The fraction of sp³-hybridized carbons (Fsp3) is 0.200. The molecule has 9 nitrogen and oxygen atoms in total. The van der Waals surface area contributed by atoms with Crippen LogP contribution in [-0.2, 0) is 6.61 Å². The van der Waals surface area contributed by atoms with Crippen molar-refractivity contribution >= 4 is 17.9 Å². The number of nitrogens with zero attached hydrogens (tertiary/aromatic N) is 4. The summed E-state index contributed by atoms with van der Waals surface area (Å²) in [5.74, 6) is 1.32. The summed E-state index contributed by atoms with van der Waals surface area (Å²) in [7, 11) is 0. The van der Waals surface area contributed by atoms with E-state index < -0.39 is 0 Å². The molecule has 0 atom stereocenters. The number of hydrogen-bond donors (Lipinski definition) is 2. The van der Waals surface area contributed by atoms with Crippen LogP contribution < -0.4 is 20.9 Å². The van der Waals surface area contributed by atoms with E-state index in [1.807, 2.05) is 43.3 Å². The van der Waals surface area contributed by atoms with Gasteiger partial charge in [-0.15, -0.1) is 5.10 Å². The maximum Gasteiger partial charge on any atom is 0.199 e. The molecule has 0 spiro atoms. The molecule has 0 amide bonds. The van der Waals surface area contributed by atoms with E-state index in [2.05, 4.69) is 38.1 Å². The molecule has 0 fully saturated rings. The summed E-state index contributed by atoms with van der Waals surface area (Å²) in [5, 5.41) is 14.8. The second-order valence-electron chi connectivity index (χ2n) is 6.08. The highest BCUT2D eigenvalue weighted by atomic mass is 16.6. The van der Waals surface area contributed by atoms with E-state index in [1.54, 1.807) is 0 Å². The lowest BCUT2D eigenvalue weighted by Gasteiger charge is -2.13. The average Bonchev–Trinajstić information content (AvgIpc) is 3.14. The number of nitrogen functional groups attached to an aromatic ring is 1. The van der Waals surface area contributed by atoms with Crippen molar-refractivity contribution in [3.05, 3.63) is 64.8 Å². The molecular formula is C20H22N6O3. The van der Waals surface area contributed by atoms with Crippen molar-refractivity contribution in [2.75, 3.05) is 12.3 Å². The predicted octanol–water partition coefficient (Wildman–Crippen LogP) is 2.68. The van der Waals surface area contributed by atoms with Gasteiger partial charge in [0.2, 0.25) is 0 Å². The largest absolute Gasteiger partial charge is 0.490 e. The molecule has 1 aromatic heterocycles. The minimum Gasteiger partial charge on any atom is -0.490 e. The van der Waals surface area contributed by atoms with Gasteiger partial charge in [-0.3, -0.25) is 0 Å². The molecule has 0 bridgehead atoms. The van der Waals surface area contributed by atoms with Gasteiger partial charge in [-0.05, 0) is 59.1 Å². The van der Waals surface area contributed by atoms with Crippen LogP contribution >= 0.6 is 0 Å². The molecule has 0 saturated carbocycles. The number of aryl methyl sites for hydroxylation is 1. The fourth-order valence-electron chi connectivity index (χ4n) is 2.50. The molecule has 0 aliphatic rings. The molecule has 0 aliphatic carbocycles. The molecule has 1 heterocycles. The monoisotopic (exact) mass is 394 g/mol. The summed E-state index contributed by atoms with van der Waals surface area (Å²) < 4.78 is 16.1. The van der Waals surface area contributed by atoms with Crippen molar-refractivity contribution in [3.63, 3.8) is 0 Å². The molecule has 3 aromatic rings. The lowest BCUT2D eigenvalue weighted by molar-refractivity contribution is 0.269. The Bertz CT molecular complexity index is 1030. The van der Waals surface area contributed by atoms with E-state index in [4.69, 9.17) is 20.9 Å². The smallest absolute Gasteiger partial charge is 0.199 e. The predicted molar refractivity (Wildman–Crippen MR) is 110 cm³/mol. The zero-order valence-electron chi connectivity index (χ0n) is 16.2. The van der Waals surface area contributed by atoms with Crippen molar-refractivity contribution in [1.82, 2.24) is 10.3 Å². The standard InChI is InChI=1S/C20H22N6O3/c1-3-27-17-10-14(11-23-24-19(21)18-20(22)26-29-25-18)8-9-16(17)28-12-15-7-5-4-6-13(15)2/h4-11H,3,12H2,1-2H3,(H2,21,24)(H2,22,26). The second kappa shape index (κ2) is 9.36. The van der Waals surface area contributed by atoms with Crippen LogP contribution in [0, 0.1) is 6.92 Å². The molecule has 0 unspecified atom stereocenters. The third-order valence-corrected chi connectivity index (χ3v) is 4.04. The Morgan fingerprint density at radius 1 is 1.14 bits per heavy atom. The van der Waals surface area contributed by atoms with Crippen molar-refractivity contribution in [1.29, 1.82) is 0 Å². The first-order valence-electron chi connectivity index (χ1n) is 8.97. The highest BCUT2D eigenvalue weighted by Crippen LogP contribution is 2.29. The van der Waals surface area contributed by atoms with Crippen LogP contribution in [0.5, 0.6) is 11.5 Å². The van der Waals surface area contributed by atoms with Gasteiger partial charge in [0.15, 0.2) is 28.8 Å². The summed E-state index contributed by atoms with van der Waals surface area (Å²) in [4.78, 5) is 0. The van der Waals surface area contributed by atoms with E-state index >= 15 is 0 Å². The minimum atomic E-state index is 0.00298. The number of rotatable bonds is 8. The third kappa shape index (κ3) is 5.10. The summed E-state index contributed by atoms with van der Waals surface area (Å²) in [6.45, 7) is 4.92. The van der Waals surface area contributed by atoms with Gasteiger partial charge in [-0.25, -0.2) is 4.63 Å². The van der Waals surface area contributed by atoms with Crippen molar-refractivity contribution < 1.29 is 14.1 Å². The first-order chi connectivity index (χ1) is 14.1. The molecule has 0 saturated heterocycles. The first-order valence-corrected chi connectivity index (χ1v) is 8.97. The van der Waals surface area contributed by atoms with Crippen LogP contribution in [0.2, 0.25) is 0 Å². The molecule has 0 radical (unpaired) electrons. The summed E-state index contributed by atoms with van der Waals surface area (Å²) in [5.41, 5.74) is 14.5. The third-order valence-electron chi connectivity index (χ3n) is 4.04. The lowest BCUT2D eigenvalue weighted by Crippen LogP contribution is -2.15. The highest BCUT2D eigenvalue weighted by Gasteiger charge is 2.10. The lowest BCUT2D eigenvalue weighted by atomic mass is 10.1. The van der Waals surface area contributed by atoms with Crippen molar-refractivity contribution in [3.8, 4) is 11.5 Å². The average molecular weight is 394 g/mol. The molecule has 3 rings (SSSR count). The van der Waals surface area contributed by atoms with E-state index in [9.17, 15) is 0 Å². The molecule has 0 aliphatic heterocycles. The molecule has 2 aromatic carbocycles. The molecule has 150 valence electrons. The molecular weight excluding hydrogens is 372 g/mol. The quantitative estimate of drug-likeness (QED) is 0.341. The number of amidine groups is 1. The highest BCUT2D eigenvalue weighted by molar-refractivity contribution is 5.99. The molecule has 4 N–H and O–H groups in total. The van der Waals surface area contributed by atoms with Crippen LogP contribution in [0.3, 0.4) is 0 Å². The van der Waals surface area contributed by atoms with Crippen molar-refractivity contribution in [2.24, 2.45) is 15.9 Å². The SMILES string of the molecule is CCOc1cc(C=NN=C(N)c2nonc2N)ccc1OCc1ccccc1C. The maximum absolute atomic E-state index is 5.96. The Hall–Kier alpha value is -3.88. The number of hydrogen-bond acceptors (Lipinski definition) is 8. The van der Waals surface area contributed by atoms with Gasteiger partial charge in [-0.1, -0.05) is 24.3 Å². The Morgan fingerprint density at radius 2 is 1.97 bits per heavy atom. The van der Waals surface area contributed by atoms with Crippen LogP contribution in [0.1, 0.15) is 29.3 Å². The van der Waals surface area contributed by atoms with Crippen molar-refractivity contribution in [2.45, 2.75) is 20.5 Å². The summed E-state index contributed by atoms with van der Waals surface area (Å²) >= 11 is 0. The zero-order chi connectivity index (χ0) is 20.6. The van der Waals surface area contributed by atoms with Gasteiger partial charge in [0.25, 0.3) is 0 Å². The fourth-order valence-corrected chi connectivity index (χ4v) is 2.50. The summed E-state index contributed by atoms with van der Waals surface area (Å²) in [6, 6.07) is 13.6. The van der Waals surface area contributed by atoms with E-state index in [0.717, 1.165) is 11.1 Å². The Balaban J connectivity index is 1.73. The molecule has 9 heteroatoms. The van der Waals surface area contributed by atoms with Gasteiger partial charge in [0, 0.05) is 0 Å². The molecule has 29 heavy (non-hydrogen) atoms. The number of anilines is 1. The van der Waals surface area contributed by atoms with Crippen LogP contribution in [0.15, 0.2) is 57.3 Å². The number of aromatic nitrogens is 2. The normalized spacial score (nSPS) is 11.7. The number of ether oxygens (including phenoxy) is 2. The topological polar surface area (TPSA) is 134 Å². The van der Waals surface area contributed by atoms with E-state index in [-0.39, 0.29) is 17.3 Å². The first kappa shape index (κ1) is 19.9. The minimum absolute atomic E-state index is 0.00298. The van der Waals surface area contributed by atoms with Gasteiger partial charge in [0.1, 0.15) is 6.61 Å². The zero-order valence-corrected chi connectivity index (χ0v) is 16.2. The number of nitrogens with two attached hydrogens (primary N) is 2. The van der Waals surface area contributed by atoms with E-state index in [0.29, 0.717) is 24.7 Å². The Kier molecular flexibility index (Phi) is 6.41. The second-order valence-corrected chi connectivity index (χ2v) is 6.08. The number of benzene rings is 2. The van der Waals surface area contributed by atoms with Crippen LogP contribution in [0.25, 0.3) is 0 Å². The van der Waals surface area contributed by atoms with Crippen LogP contribution in [-0.4, -0.2) is 29.0 Å². The van der Waals surface area contributed by atoms with E-state index in [1.165, 1.54) is 11.8 Å². The van der Waals surface area contributed by atoms with Crippen LogP contribution in [0.4, 0.5) is 5.82 Å².